The van der Waals surface area contributed by atoms with E-state index >= 15 is 8.78 Å². The molecule has 0 unspecified atom stereocenters. The number of nitrogen functional groups attached to an aromatic ring is 1. The van der Waals surface area contributed by atoms with Crippen LogP contribution < -0.4 is 27.1 Å². The summed E-state index contributed by atoms with van der Waals surface area (Å²) in [6.45, 7) is 0.662. The van der Waals surface area contributed by atoms with E-state index in [9.17, 15) is 23.2 Å². The number of hydrogen-bond acceptors (Lipinski definition) is 8. The fourth-order valence-corrected chi connectivity index (χ4v) is 4.90. The van der Waals surface area contributed by atoms with E-state index in [0.717, 1.165) is 62.1 Å². The van der Waals surface area contributed by atoms with Gasteiger partial charge in [0.15, 0.2) is 17.4 Å². The number of nitrogens with one attached hydrogen (secondary N) is 1. The maximum atomic E-state index is 15.1. The van der Waals surface area contributed by atoms with E-state index in [4.69, 9.17) is 20.9 Å². The standard InChI is InChI=1S/C30H32F4N4O5/c31-17-6-7-20(22(32)14-17)28(40)21-8-9-26(39)38(29(21)36)27-23(33)15-19(16-24(27)34)42-13-3-12-37-25(10-11-35)30(41)43-18-4-1-2-5-18/h6-9,14-16,18,25,37H,1-5,10-13,35-36H2/t25-/m0/s1. The summed E-state index contributed by atoms with van der Waals surface area (Å²) >= 11 is 0. The van der Waals surface area contributed by atoms with Crippen LogP contribution in [0, 0.1) is 23.3 Å². The largest absolute Gasteiger partial charge is 0.493 e. The first-order chi connectivity index (χ1) is 20.6. The van der Waals surface area contributed by atoms with Crippen molar-refractivity contribution in [3.8, 4) is 11.4 Å². The van der Waals surface area contributed by atoms with Crippen LogP contribution in [-0.4, -0.2) is 48.2 Å². The maximum Gasteiger partial charge on any atom is 0.323 e. The van der Waals surface area contributed by atoms with Gasteiger partial charge >= 0.3 is 5.97 Å². The summed E-state index contributed by atoms with van der Waals surface area (Å²) in [7, 11) is 0. The topological polar surface area (TPSA) is 139 Å². The van der Waals surface area contributed by atoms with Crippen LogP contribution in [0.15, 0.2) is 47.3 Å². The Kier molecular flexibility index (Phi) is 10.5. The monoisotopic (exact) mass is 604 g/mol. The smallest absolute Gasteiger partial charge is 0.323 e. The first kappa shape index (κ1) is 31.7. The highest BCUT2D eigenvalue weighted by molar-refractivity contribution is 6.11. The summed E-state index contributed by atoms with van der Waals surface area (Å²) < 4.78 is 69.2. The number of carbonyl (C=O) groups is 2. The van der Waals surface area contributed by atoms with Crippen molar-refractivity contribution >= 4 is 17.6 Å². The van der Waals surface area contributed by atoms with E-state index in [2.05, 4.69) is 5.32 Å². The molecular weight excluding hydrogens is 572 g/mol. The minimum absolute atomic E-state index is 0.0353. The fourth-order valence-electron chi connectivity index (χ4n) is 4.90. The molecule has 1 heterocycles. The number of anilines is 1. The third-order valence-corrected chi connectivity index (χ3v) is 7.07. The molecule has 0 aliphatic heterocycles. The van der Waals surface area contributed by atoms with Gasteiger partial charge in [-0.2, -0.15) is 0 Å². The molecule has 1 atom stereocenters. The van der Waals surface area contributed by atoms with Gasteiger partial charge in [-0.1, -0.05) is 0 Å². The lowest BCUT2D eigenvalue weighted by Crippen LogP contribution is -2.41. The molecule has 3 aromatic rings. The number of carbonyl (C=O) groups excluding carboxylic acids is 2. The Morgan fingerprint density at radius 1 is 0.977 bits per heavy atom. The Bertz CT molecular complexity index is 1520. The molecular formula is C30H32F4N4O5. The zero-order valence-electron chi connectivity index (χ0n) is 23.2. The molecule has 0 bridgehead atoms. The minimum atomic E-state index is -1.21. The molecule has 0 amide bonds. The second-order valence-corrected chi connectivity index (χ2v) is 10.1. The number of esters is 1. The van der Waals surface area contributed by atoms with Gasteiger partial charge in [0, 0.05) is 24.3 Å². The highest BCUT2D eigenvalue weighted by Gasteiger charge is 2.25. The van der Waals surface area contributed by atoms with Crippen LogP contribution in [0.25, 0.3) is 5.69 Å². The van der Waals surface area contributed by atoms with Gasteiger partial charge in [-0.15, -0.1) is 0 Å². The summed E-state index contributed by atoms with van der Waals surface area (Å²) in [4.78, 5) is 37.9. The minimum Gasteiger partial charge on any atom is -0.493 e. The van der Waals surface area contributed by atoms with Gasteiger partial charge in [-0.25, -0.2) is 17.6 Å². The normalized spacial score (nSPS) is 14.1. The van der Waals surface area contributed by atoms with Crippen LogP contribution >= 0.6 is 0 Å². The Labute approximate surface area is 244 Å². The predicted octanol–water partition coefficient (Wildman–Crippen LogP) is 3.77. The van der Waals surface area contributed by atoms with Gasteiger partial charge in [0.2, 0.25) is 0 Å². The molecule has 0 saturated heterocycles. The van der Waals surface area contributed by atoms with Gasteiger partial charge in [0.05, 0.1) is 17.7 Å². The van der Waals surface area contributed by atoms with E-state index in [-0.39, 0.29) is 31.0 Å². The quantitative estimate of drug-likeness (QED) is 0.116. The van der Waals surface area contributed by atoms with Crippen LogP contribution in [0.4, 0.5) is 23.4 Å². The molecule has 13 heteroatoms. The average molecular weight is 605 g/mol. The number of hydrogen-bond donors (Lipinski definition) is 3. The fraction of sp³-hybridized carbons (Fsp3) is 0.367. The van der Waals surface area contributed by atoms with Crippen molar-refractivity contribution in [2.24, 2.45) is 5.73 Å². The van der Waals surface area contributed by atoms with Crippen LogP contribution in [0.1, 0.15) is 54.4 Å². The van der Waals surface area contributed by atoms with Crippen LogP contribution in [0.5, 0.6) is 5.75 Å². The second kappa shape index (κ2) is 14.3. The van der Waals surface area contributed by atoms with E-state index < -0.39 is 63.3 Å². The number of nitrogens with two attached hydrogens (primary N) is 2. The van der Waals surface area contributed by atoms with Crippen molar-refractivity contribution in [2.75, 3.05) is 25.4 Å². The van der Waals surface area contributed by atoms with E-state index in [1.54, 1.807) is 0 Å². The molecule has 1 saturated carbocycles. The highest BCUT2D eigenvalue weighted by Crippen LogP contribution is 2.27. The van der Waals surface area contributed by atoms with E-state index in [0.29, 0.717) is 30.0 Å². The second-order valence-electron chi connectivity index (χ2n) is 10.1. The van der Waals surface area contributed by atoms with Crippen molar-refractivity contribution in [1.29, 1.82) is 0 Å². The Morgan fingerprint density at radius 2 is 1.65 bits per heavy atom. The van der Waals surface area contributed by atoms with Crippen molar-refractivity contribution in [3.05, 3.63) is 87.2 Å². The summed E-state index contributed by atoms with van der Waals surface area (Å²) in [6, 6.07) is 5.22. The maximum absolute atomic E-state index is 15.1. The molecule has 9 nitrogen and oxygen atoms in total. The summed E-state index contributed by atoms with van der Waals surface area (Å²) in [6.07, 6.45) is 4.45. The first-order valence-electron chi connectivity index (χ1n) is 13.9. The SMILES string of the molecule is NCC[C@H](NCCCOc1cc(F)c(-n2c(N)c(C(=O)c3ccc(F)cc3F)ccc2=O)c(F)c1)C(=O)OC1CCCC1. The number of halogens is 4. The Balaban J connectivity index is 1.42. The number of ketones is 1. The number of pyridine rings is 1. The number of nitrogens with zero attached hydrogens (tertiary/aromatic N) is 1. The lowest BCUT2D eigenvalue weighted by molar-refractivity contribution is -0.151. The Hall–Kier alpha value is -4.23. The molecule has 4 rings (SSSR count). The number of ether oxygens (including phenoxy) is 2. The van der Waals surface area contributed by atoms with E-state index in [1.165, 1.54) is 0 Å². The molecule has 43 heavy (non-hydrogen) atoms. The van der Waals surface area contributed by atoms with Gasteiger partial charge < -0.3 is 26.3 Å². The van der Waals surface area contributed by atoms with Gasteiger partial charge in [-0.3, -0.25) is 19.0 Å². The number of benzene rings is 2. The number of aromatic nitrogens is 1. The summed E-state index contributed by atoms with van der Waals surface area (Å²) in [5, 5.41) is 3.07. The predicted molar refractivity (Wildman–Crippen MR) is 150 cm³/mol. The zero-order valence-corrected chi connectivity index (χ0v) is 23.2. The molecule has 1 fully saturated rings. The molecule has 5 N–H and O–H groups in total. The zero-order chi connectivity index (χ0) is 31.1. The molecule has 0 spiro atoms. The van der Waals surface area contributed by atoms with E-state index in [1.807, 2.05) is 0 Å². The summed E-state index contributed by atoms with van der Waals surface area (Å²) in [5.74, 6) is -6.70. The van der Waals surface area contributed by atoms with Crippen molar-refractivity contribution in [3.63, 3.8) is 0 Å². The third kappa shape index (κ3) is 7.59. The highest BCUT2D eigenvalue weighted by atomic mass is 19.1. The summed E-state index contributed by atoms with van der Waals surface area (Å²) in [5.41, 5.74) is 8.81. The van der Waals surface area contributed by atoms with Crippen LogP contribution in [-0.2, 0) is 9.53 Å². The van der Waals surface area contributed by atoms with Gasteiger partial charge in [-0.05, 0) is 69.8 Å². The average Bonchev–Trinajstić information content (AvgIpc) is 3.46. The molecule has 1 aliphatic rings. The lowest BCUT2D eigenvalue weighted by atomic mass is 10.0. The third-order valence-electron chi connectivity index (χ3n) is 7.07. The lowest BCUT2D eigenvalue weighted by Gasteiger charge is -2.20. The van der Waals surface area contributed by atoms with Crippen molar-refractivity contribution in [2.45, 2.75) is 50.7 Å². The first-order valence-corrected chi connectivity index (χ1v) is 13.9. The van der Waals surface area contributed by atoms with Gasteiger partial charge in [0.1, 0.15) is 41.0 Å². The molecule has 230 valence electrons. The Morgan fingerprint density at radius 3 is 2.30 bits per heavy atom. The molecule has 1 aromatic heterocycles. The van der Waals surface area contributed by atoms with Gasteiger partial charge in [0.25, 0.3) is 5.56 Å². The van der Waals surface area contributed by atoms with Crippen LogP contribution in [0.2, 0.25) is 0 Å². The van der Waals surface area contributed by atoms with Crippen molar-refractivity contribution < 1.29 is 36.6 Å². The molecule has 0 radical (unpaired) electrons. The molecule has 1 aliphatic carbocycles. The van der Waals surface area contributed by atoms with Crippen molar-refractivity contribution in [1.82, 2.24) is 9.88 Å². The van der Waals surface area contributed by atoms with Crippen LogP contribution in [0.3, 0.4) is 0 Å². The molecule has 2 aromatic carbocycles. The number of rotatable bonds is 13.